The van der Waals surface area contributed by atoms with Crippen molar-refractivity contribution in [2.45, 2.75) is 33.7 Å². The van der Waals surface area contributed by atoms with Gasteiger partial charge in [0.2, 0.25) is 0 Å². The first-order valence-corrected chi connectivity index (χ1v) is 8.11. The first-order chi connectivity index (χ1) is 11.8. The monoisotopic (exact) mass is 344 g/mol. The summed E-state index contributed by atoms with van der Waals surface area (Å²) in [6.07, 6.45) is 0. The molecule has 134 valence electrons. The van der Waals surface area contributed by atoms with Crippen LogP contribution in [0.4, 0.5) is 0 Å². The Morgan fingerprint density at radius 1 is 1.24 bits per heavy atom. The third-order valence-corrected chi connectivity index (χ3v) is 3.92. The molecule has 2 N–H and O–H groups in total. The van der Waals surface area contributed by atoms with Crippen LogP contribution in [0.3, 0.4) is 0 Å². The van der Waals surface area contributed by atoms with Crippen LogP contribution in [0.1, 0.15) is 44.6 Å². The lowest BCUT2D eigenvalue weighted by Gasteiger charge is -2.15. The van der Waals surface area contributed by atoms with Crippen molar-refractivity contribution in [3.05, 3.63) is 52.3 Å². The fourth-order valence-electron chi connectivity index (χ4n) is 2.65. The Balaban J connectivity index is 2.00. The molecule has 0 aliphatic heterocycles. The number of aromatic nitrogens is 1. The van der Waals surface area contributed by atoms with Gasteiger partial charge in [0.1, 0.15) is 18.1 Å². The van der Waals surface area contributed by atoms with Crippen LogP contribution < -0.4 is 10.1 Å². The molecule has 6 heteroatoms. The average Bonchev–Trinajstić information content (AvgIpc) is 2.87. The van der Waals surface area contributed by atoms with Gasteiger partial charge in [0, 0.05) is 5.69 Å². The molecule has 0 saturated heterocycles. The molecule has 2 rings (SSSR count). The first-order valence-electron chi connectivity index (χ1n) is 8.11. The molecular formula is C19H24N2O4. The minimum atomic E-state index is -0.457. The van der Waals surface area contributed by atoms with Gasteiger partial charge in [-0.2, -0.15) is 0 Å². The molecule has 6 nitrogen and oxygen atoms in total. The standard InChI is InChI=1S/C19H24N2O4/c1-11-7-6-8-15(9-11)25-10-12(2)20-18(22)17-13(3)16(14(4)21-17)19(23)24-5/h6-9,12,21H,10H2,1-5H3,(H,20,22). The maximum Gasteiger partial charge on any atom is 0.339 e. The predicted octanol–water partition coefficient (Wildman–Crippen LogP) is 2.92. The molecule has 25 heavy (non-hydrogen) atoms. The summed E-state index contributed by atoms with van der Waals surface area (Å²) in [5.74, 6) is 0.0261. The summed E-state index contributed by atoms with van der Waals surface area (Å²) >= 11 is 0. The zero-order valence-corrected chi connectivity index (χ0v) is 15.2. The van der Waals surface area contributed by atoms with Crippen LogP contribution in [0.2, 0.25) is 0 Å². The summed E-state index contributed by atoms with van der Waals surface area (Å²) in [5.41, 5.74) is 3.06. The van der Waals surface area contributed by atoms with E-state index in [0.29, 0.717) is 29.1 Å². The Kier molecular flexibility index (Phi) is 5.85. The molecule has 0 aliphatic carbocycles. The average molecular weight is 344 g/mol. The number of benzene rings is 1. The van der Waals surface area contributed by atoms with Crippen molar-refractivity contribution in [2.24, 2.45) is 0 Å². The summed E-state index contributed by atoms with van der Waals surface area (Å²) in [5, 5.41) is 2.87. The van der Waals surface area contributed by atoms with Crippen molar-refractivity contribution in [2.75, 3.05) is 13.7 Å². The Morgan fingerprint density at radius 3 is 2.60 bits per heavy atom. The Hall–Kier alpha value is -2.76. The number of carbonyl (C=O) groups excluding carboxylic acids is 2. The lowest BCUT2D eigenvalue weighted by atomic mass is 10.1. The quantitative estimate of drug-likeness (QED) is 0.790. The molecule has 1 unspecified atom stereocenters. The highest BCUT2D eigenvalue weighted by atomic mass is 16.5. The van der Waals surface area contributed by atoms with Crippen molar-refractivity contribution in [3.63, 3.8) is 0 Å². The topological polar surface area (TPSA) is 80.4 Å². The van der Waals surface area contributed by atoms with Crippen LogP contribution in [0.15, 0.2) is 24.3 Å². The van der Waals surface area contributed by atoms with Gasteiger partial charge in [0.05, 0.1) is 18.7 Å². The van der Waals surface area contributed by atoms with Crippen molar-refractivity contribution >= 4 is 11.9 Å². The number of rotatable bonds is 6. The van der Waals surface area contributed by atoms with Gasteiger partial charge < -0.3 is 19.8 Å². The van der Waals surface area contributed by atoms with Crippen molar-refractivity contribution in [1.82, 2.24) is 10.3 Å². The molecule has 0 spiro atoms. The summed E-state index contributed by atoms with van der Waals surface area (Å²) in [6.45, 7) is 7.66. The van der Waals surface area contributed by atoms with Gasteiger partial charge in [-0.3, -0.25) is 4.79 Å². The van der Waals surface area contributed by atoms with Crippen molar-refractivity contribution < 1.29 is 19.1 Å². The maximum atomic E-state index is 12.5. The zero-order valence-electron chi connectivity index (χ0n) is 15.2. The van der Waals surface area contributed by atoms with Gasteiger partial charge in [-0.05, 0) is 51.0 Å². The fraction of sp³-hybridized carbons (Fsp3) is 0.368. The number of ether oxygens (including phenoxy) is 2. The first kappa shape index (κ1) is 18.6. The summed E-state index contributed by atoms with van der Waals surface area (Å²) in [6, 6.07) is 7.54. The van der Waals surface area contributed by atoms with Crippen LogP contribution in [0.25, 0.3) is 0 Å². The molecule has 0 aliphatic rings. The molecule has 1 heterocycles. The smallest absolute Gasteiger partial charge is 0.339 e. The van der Waals surface area contributed by atoms with Crippen LogP contribution in [0.5, 0.6) is 5.75 Å². The van der Waals surface area contributed by atoms with Crippen molar-refractivity contribution in [1.29, 1.82) is 0 Å². The van der Waals surface area contributed by atoms with Crippen LogP contribution in [-0.2, 0) is 4.74 Å². The third-order valence-electron chi connectivity index (χ3n) is 3.92. The normalized spacial score (nSPS) is 11.7. The van der Waals surface area contributed by atoms with Crippen LogP contribution in [0, 0.1) is 20.8 Å². The fourth-order valence-corrected chi connectivity index (χ4v) is 2.65. The number of aryl methyl sites for hydroxylation is 2. The van der Waals surface area contributed by atoms with Gasteiger partial charge in [0.25, 0.3) is 5.91 Å². The number of esters is 1. The van der Waals surface area contributed by atoms with Gasteiger partial charge in [-0.15, -0.1) is 0 Å². The SMILES string of the molecule is COC(=O)c1c(C)[nH]c(C(=O)NC(C)COc2cccc(C)c2)c1C. The van der Waals surface area contributed by atoms with E-state index in [0.717, 1.165) is 11.3 Å². The van der Waals surface area contributed by atoms with Gasteiger partial charge >= 0.3 is 5.97 Å². The van der Waals surface area contributed by atoms with Crippen LogP contribution in [-0.4, -0.2) is 36.6 Å². The van der Waals surface area contributed by atoms with Gasteiger partial charge in [-0.1, -0.05) is 12.1 Å². The number of hydrogen-bond acceptors (Lipinski definition) is 4. The zero-order chi connectivity index (χ0) is 18.6. The van der Waals surface area contributed by atoms with E-state index >= 15 is 0 Å². The Bertz CT molecular complexity index is 780. The summed E-state index contributed by atoms with van der Waals surface area (Å²) < 4.78 is 10.5. The molecule has 1 amide bonds. The lowest BCUT2D eigenvalue weighted by Crippen LogP contribution is -2.37. The van der Waals surface area contributed by atoms with E-state index in [-0.39, 0.29) is 11.9 Å². The molecule has 1 aromatic heterocycles. The molecule has 1 atom stereocenters. The molecule has 0 radical (unpaired) electrons. The number of H-pyrrole nitrogens is 1. The number of methoxy groups -OCH3 is 1. The van der Waals surface area contributed by atoms with E-state index in [1.165, 1.54) is 7.11 Å². The second-order valence-corrected chi connectivity index (χ2v) is 6.12. The molecule has 0 saturated carbocycles. The number of nitrogens with one attached hydrogen (secondary N) is 2. The number of amides is 1. The highest BCUT2D eigenvalue weighted by Crippen LogP contribution is 2.19. The minimum Gasteiger partial charge on any atom is -0.491 e. The van der Waals surface area contributed by atoms with E-state index < -0.39 is 5.97 Å². The number of carbonyl (C=O) groups is 2. The molecule has 0 bridgehead atoms. The molecular weight excluding hydrogens is 320 g/mol. The predicted molar refractivity (Wildman–Crippen MR) is 95.2 cm³/mol. The Morgan fingerprint density at radius 2 is 1.96 bits per heavy atom. The van der Waals surface area contributed by atoms with Crippen molar-refractivity contribution in [3.8, 4) is 5.75 Å². The second kappa shape index (κ2) is 7.88. The van der Waals surface area contributed by atoms with E-state index in [1.54, 1.807) is 13.8 Å². The number of aromatic amines is 1. The van der Waals surface area contributed by atoms with E-state index in [4.69, 9.17) is 9.47 Å². The number of hydrogen-bond donors (Lipinski definition) is 2. The minimum absolute atomic E-state index is 0.197. The lowest BCUT2D eigenvalue weighted by molar-refractivity contribution is 0.0599. The summed E-state index contributed by atoms with van der Waals surface area (Å²) in [7, 11) is 1.32. The molecule has 2 aromatic rings. The molecule has 0 fully saturated rings. The van der Waals surface area contributed by atoms with Crippen LogP contribution >= 0.6 is 0 Å². The second-order valence-electron chi connectivity index (χ2n) is 6.12. The highest BCUT2D eigenvalue weighted by Gasteiger charge is 2.23. The Labute approximate surface area is 147 Å². The highest BCUT2D eigenvalue weighted by molar-refractivity contribution is 6.00. The van der Waals surface area contributed by atoms with E-state index in [1.807, 2.05) is 38.1 Å². The molecule has 1 aromatic carbocycles. The van der Waals surface area contributed by atoms with E-state index in [9.17, 15) is 9.59 Å². The third kappa shape index (κ3) is 4.41. The summed E-state index contributed by atoms with van der Waals surface area (Å²) in [4.78, 5) is 27.2. The maximum absolute atomic E-state index is 12.5. The van der Waals surface area contributed by atoms with Gasteiger partial charge in [0.15, 0.2) is 0 Å². The largest absolute Gasteiger partial charge is 0.491 e. The van der Waals surface area contributed by atoms with E-state index in [2.05, 4.69) is 10.3 Å². The van der Waals surface area contributed by atoms with Gasteiger partial charge in [-0.25, -0.2) is 4.79 Å².